The molecule has 26 heavy (non-hydrogen) atoms. The third-order valence-electron chi connectivity index (χ3n) is 5.63. The SMILES string of the molecule is COC(=O)[C@]1(c2ccccc2)C[C@@H]1CN1CCN(c2ncccn2)CC1. The van der Waals surface area contributed by atoms with Crippen molar-refractivity contribution < 1.29 is 9.53 Å². The van der Waals surface area contributed by atoms with Crippen LogP contribution < -0.4 is 4.90 Å². The summed E-state index contributed by atoms with van der Waals surface area (Å²) < 4.78 is 5.14. The van der Waals surface area contributed by atoms with Gasteiger partial charge in [0.2, 0.25) is 5.95 Å². The monoisotopic (exact) mass is 352 g/mol. The molecule has 0 amide bonds. The fourth-order valence-electron chi connectivity index (χ4n) is 4.09. The molecule has 0 bridgehead atoms. The second-order valence-corrected chi connectivity index (χ2v) is 7.07. The second-order valence-electron chi connectivity index (χ2n) is 7.07. The van der Waals surface area contributed by atoms with E-state index in [0.717, 1.165) is 50.7 Å². The molecule has 2 aliphatic rings. The van der Waals surface area contributed by atoms with Gasteiger partial charge in [-0.3, -0.25) is 9.69 Å². The predicted octanol–water partition coefficient (Wildman–Crippen LogP) is 1.73. The summed E-state index contributed by atoms with van der Waals surface area (Å²) in [7, 11) is 1.49. The molecule has 1 aliphatic carbocycles. The zero-order valence-corrected chi connectivity index (χ0v) is 15.0. The summed E-state index contributed by atoms with van der Waals surface area (Å²) in [5.41, 5.74) is 0.614. The average molecular weight is 352 g/mol. The highest BCUT2D eigenvalue weighted by Gasteiger charge is 2.62. The molecule has 1 aromatic heterocycles. The first-order chi connectivity index (χ1) is 12.7. The van der Waals surface area contributed by atoms with Crippen molar-refractivity contribution in [3.8, 4) is 0 Å². The summed E-state index contributed by atoms with van der Waals surface area (Å²) in [6, 6.07) is 11.9. The van der Waals surface area contributed by atoms with Crippen LogP contribution >= 0.6 is 0 Å². The topological polar surface area (TPSA) is 58.6 Å². The third kappa shape index (κ3) is 3.05. The molecular weight excluding hydrogens is 328 g/mol. The molecule has 1 saturated carbocycles. The number of aromatic nitrogens is 2. The van der Waals surface area contributed by atoms with E-state index in [4.69, 9.17) is 4.74 Å². The van der Waals surface area contributed by atoms with Crippen LogP contribution in [0, 0.1) is 5.92 Å². The van der Waals surface area contributed by atoms with Crippen molar-refractivity contribution in [3.05, 3.63) is 54.4 Å². The quantitative estimate of drug-likeness (QED) is 0.764. The fourth-order valence-corrected chi connectivity index (χ4v) is 4.09. The lowest BCUT2D eigenvalue weighted by Gasteiger charge is -2.35. The van der Waals surface area contributed by atoms with Gasteiger partial charge in [0.05, 0.1) is 12.5 Å². The number of methoxy groups -OCH3 is 1. The van der Waals surface area contributed by atoms with Gasteiger partial charge in [0.15, 0.2) is 0 Å². The van der Waals surface area contributed by atoms with Crippen LogP contribution in [0.25, 0.3) is 0 Å². The molecule has 1 aromatic carbocycles. The number of rotatable bonds is 5. The number of nitrogens with zero attached hydrogens (tertiary/aromatic N) is 4. The zero-order valence-electron chi connectivity index (χ0n) is 15.0. The molecule has 2 fully saturated rings. The van der Waals surface area contributed by atoms with Gasteiger partial charge in [-0.25, -0.2) is 9.97 Å². The van der Waals surface area contributed by atoms with Crippen LogP contribution in [0.2, 0.25) is 0 Å². The van der Waals surface area contributed by atoms with Gasteiger partial charge < -0.3 is 9.64 Å². The van der Waals surface area contributed by atoms with Crippen molar-refractivity contribution in [2.24, 2.45) is 5.92 Å². The second kappa shape index (κ2) is 7.03. The first-order valence-corrected chi connectivity index (χ1v) is 9.12. The van der Waals surface area contributed by atoms with Gasteiger partial charge in [0, 0.05) is 45.1 Å². The summed E-state index contributed by atoms with van der Waals surface area (Å²) in [5.74, 6) is 1.01. The highest BCUT2D eigenvalue weighted by molar-refractivity contribution is 5.87. The Morgan fingerprint density at radius 3 is 2.46 bits per heavy atom. The maximum absolute atomic E-state index is 12.5. The van der Waals surface area contributed by atoms with Crippen molar-refractivity contribution in [1.82, 2.24) is 14.9 Å². The van der Waals surface area contributed by atoms with E-state index in [2.05, 4.69) is 19.8 Å². The number of esters is 1. The van der Waals surface area contributed by atoms with Crippen LogP contribution in [0.15, 0.2) is 48.8 Å². The van der Waals surface area contributed by atoms with Gasteiger partial charge >= 0.3 is 5.97 Å². The van der Waals surface area contributed by atoms with Crippen LogP contribution in [0.3, 0.4) is 0 Å². The molecule has 0 N–H and O–H groups in total. The molecule has 4 rings (SSSR count). The summed E-state index contributed by atoms with van der Waals surface area (Å²) in [6.45, 7) is 4.66. The summed E-state index contributed by atoms with van der Waals surface area (Å²) >= 11 is 0. The van der Waals surface area contributed by atoms with Crippen LogP contribution in [0.1, 0.15) is 12.0 Å². The van der Waals surface area contributed by atoms with Crippen molar-refractivity contribution in [2.75, 3.05) is 44.7 Å². The van der Waals surface area contributed by atoms with Crippen molar-refractivity contribution in [3.63, 3.8) is 0 Å². The number of piperazine rings is 1. The van der Waals surface area contributed by atoms with E-state index in [1.54, 1.807) is 12.4 Å². The molecular formula is C20H24N4O2. The molecule has 1 saturated heterocycles. The van der Waals surface area contributed by atoms with Crippen molar-refractivity contribution in [1.29, 1.82) is 0 Å². The minimum atomic E-state index is -0.463. The van der Waals surface area contributed by atoms with Gasteiger partial charge in [-0.1, -0.05) is 30.3 Å². The first-order valence-electron chi connectivity index (χ1n) is 9.12. The van der Waals surface area contributed by atoms with Gasteiger partial charge in [0.1, 0.15) is 0 Å². The number of benzene rings is 1. The molecule has 6 nitrogen and oxygen atoms in total. The van der Waals surface area contributed by atoms with Crippen LogP contribution in [0.4, 0.5) is 5.95 Å². The Bertz CT molecular complexity index is 747. The predicted molar refractivity (Wildman–Crippen MR) is 98.9 cm³/mol. The van der Waals surface area contributed by atoms with E-state index in [1.165, 1.54) is 7.11 Å². The van der Waals surface area contributed by atoms with E-state index in [0.29, 0.717) is 5.92 Å². The van der Waals surface area contributed by atoms with Crippen LogP contribution in [-0.2, 0) is 14.9 Å². The van der Waals surface area contributed by atoms with Gasteiger partial charge in [0.25, 0.3) is 0 Å². The zero-order chi connectivity index (χ0) is 18.0. The number of anilines is 1. The molecule has 0 unspecified atom stereocenters. The van der Waals surface area contributed by atoms with Crippen molar-refractivity contribution >= 4 is 11.9 Å². The number of hydrogen-bond acceptors (Lipinski definition) is 6. The van der Waals surface area contributed by atoms with E-state index in [-0.39, 0.29) is 5.97 Å². The maximum atomic E-state index is 12.5. The smallest absolute Gasteiger partial charge is 0.316 e. The summed E-state index contributed by atoms with van der Waals surface area (Å²) in [4.78, 5) is 25.8. The lowest BCUT2D eigenvalue weighted by atomic mass is 9.93. The van der Waals surface area contributed by atoms with Crippen LogP contribution in [0.5, 0.6) is 0 Å². The number of hydrogen-bond donors (Lipinski definition) is 0. The Hall–Kier alpha value is -2.47. The van der Waals surface area contributed by atoms with E-state index >= 15 is 0 Å². The average Bonchev–Trinajstić information content (AvgIpc) is 3.44. The van der Waals surface area contributed by atoms with Gasteiger partial charge in [-0.15, -0.1) is 0 Å². The molecule has 1 aliphatic heterocycles. The third-order valence-corrected chi connectivity index (χ3v) is 5.63. The molecule has 2 atom stereocenters. The number of carbonyl (C=O) groups is 1. The highest BCUT2D eigenvalue weighted by atomic mass is 16.5. The number of carbonyl (C=O) groups excluding carboxylic acids is 1. The van der Waals surface area contributed by atoms with Gasteiger partial charge in [-0.05, 0) is 24.0 Å². The lowest BCUT2D eigenvalue weighted by Crippen LogP contribution is -2.48. The Balaban J connectivity index is 1.39. The Labute approximate surface area is 153 Å². The normalized spacial score (nSPS) is 25.7. The minimum absolute atomic E-state index is 0.106. The molecule has 136 valence electrons. The molecule has 6 heteroatoms. The summed E-state index contributed by atoms with van der Waals surface area (Å²) in [5, 5.41) is 0. The first kappa shape index (κ1) is 17.0. The number of ether oxygens (including phenoxy) is 1. The Kier molecular flexibility index (Phi) is 4.59. The molecule has 0 radical (unpaired) electrons. The van der Waals surface area contributed by atoms with Crippen LogP contribution in [-0.4, -0.2) is 60.7 Å². The standard InChI is InChI=1S/C20H24N4O2/c1-26-18(25)20(16-6-3-2-4-7-16)14-17(20)15-23-10-12-24(13-11-23)19-21-8-5-9-22-19/h2-9,17H,10-15H2,1H3/t17-,20+/m1/s1. The minimum Gasteiger partial charge on any atom is -0.468 e. The highest BCUT2D eigenvalue weighted by Crippen LogP contribution is 2.55. The van der Waals surface area contributed by atoms with E-state index in [1.807, 2.05) is 36.4 Å². The Morgan fingerprint density at radius 2 is 1.81 bits per heavy atom. The van der Waals surface area contributed by atoms with E-state index in [9.17, 15) is 4.79 Å². The molecule has 2 aromatic rings. The van der Waals surface area contributed by atoms with Gasteiger partial charge in [-0.2, -0.15) is 0 Å². The maximum Gasteiger partial charge on any atom is 0.316 e. The fraction of sp³-hybridized carbons (Fsp3) is 0.450. The largest absolute Gasteiger partial charge is 0.468 e. The van der Waals surface area contributed by atoms with Crippen molar-refractivity contribution in [2.45, 2.75) is 11.8 Å². The lowest BCUT2D eigenvalue weighted by molar-refractivity contribution is -0.144. The summed E-state index contributed by atoms with van der Waals surface area (Å²) in [6.07, 6.45) is 4.43. The molecule has 0 spiro atoms. The molecule has 2 heterocycles. The van der Waals surface area contributed by atoms with E-state index < -0.39 is 5.41 Å². The Morgan fingerprint density at radius 1 is 1.12 bits per heavy atom.